The molecule has 1 saturated heterocycles. The van der Waals surface area contributed by atoms with Crippen molar-refractivity contribution in [3.8, 4) is 0 Å². The summed E-state index contributed by atoms with van der Waals surface area (Å²) in [6.07, 6.45) is 0. The minimum Gasteiger partial charge on any atom is -0.384 e. The topological polar surface area (TPSA) is 60.2 Å². The Morgan fingerprint density at radius 3 is 3.06 bits per heavy atom. The normalized spacial score (nSPS) is 25.2. The average molecular weight is 241 g/mol. The van der Waals surface area contributed by atoms with Gasteiger partial charge in [-0.3, -0.25) is 0 Å². The predicted molar refractivity (Wildman–Crippen MR) is 62.9 cm³/mol. The van der Waals surface area contributed by atoms with Crippen LogP contribution in [0.4, 0.5) is 10.2 Å². The summed E-state index contributed by atoms with van der Waals surface area (Å²) in [6.45, 7) is -0.136. The molecule has 0 bridgehead atoms. The molecule has 0 spiro atoms. The van der Waals surface area contributed by atoms with Crippen LogP contribution in [-0.2, 0) is 10.3 Å². The van der Waals surface area contributed by atoms with Crippen molar-refractivity contribution in [3.05, 3.63) is 23.9 Å². The Bertz CT molecular complexity index is 415. The predicted octanol–water partition coefficient (Wildman–Crippen LogP) is 0.776. The first kappa shape index (κ1) is 11.2. The Labute approximate surface area is 98.0 Å². The Hall–Kier alpha value is -1.27. The molecule has 0 radical (unpaired) electrons. The van der Waals surface area contributed by atoms with Crippen molar-refractivity contribution in [2.75, 3.05) is 25.6 Å². The molecule has 0 amide bonds. The second-order valence-electron chi connectivity index (χ2n) is 3.70. The van der Waals surface area contributed by atoms with Gasteiger partial charge < -0.3 is 15.8 Å². The molecule has 1 aromatic heterocycles. The van der Waals surface area contributed by atoms with Gasteiger partial charge in [-0.15, -0.1) is 0 Å². The van der Waals surface area contributed by atoms with Crippen LogP contribution in [0.1, 0.15) is 5.69 Å². The average Bonchev–Trinajstić information content (AvgIpc) is 2.29. The molecule has 2 heterocycles. The number of nitrogen functional groups attached to an aromatic ring is 1. The summed E-state index contributed by atoms with van der Waals surface area (Å²) in [5.41, 5.74) is 5.09. The van der Waals surface area contributed by atoms with E-state index in [2.05, 4.69) is 10.3 Å². The third-order valence-corrected chi connectivity index (χ3v) is 2.67. The number of anilines is 1. The van der Waals surface area contributed by atoms with Gasteiger partial charge in [-0.2, -0.15) is 0 Å². The third-order valence-electron chi connectivity index (χ3n) is 2.45. The molecule has 2 rings (SSSR count). The van der Waals surface area contributed by atoms with Gasteiger partial charge in [0.2, 0.25) is 0 Å². The number of thiocarbonyl (C=S) groups is 1. The fourth-order valence-electron chi connectivity index (χ4n) is 1.65. The second kappa shape index (κ2) is 4.31. The number of nitrogens with zero attached hydrogens (tertiary/aromatic N) is 1. The summed E-state index contributed by atoms with van der Waals surface area (Å²) >= 11 is 4.99. The molecule has 1 aromatic rings. The maximum atomic E-state index is 13.2. The van der Waals surface area contributed by atoms with Gasteiger partial charge in [0.25, 0.3) is 0 Å². The molecule has 1 unspecified atom stereocenters. The summed E-state index contributed by atoms with van der Waals surface area (Å²) in [5.74, 6) is 0.351. The highest BCUT2D eigenvalue weighted by Gasteiger charge is 2.38. The lowest BCUT2D eigenvalue weighted by atomic mass is 9.96. The molecule has 16 heavy (non-hydrogen) atoms. The summed E-state index contributed by atoms with van der Waals surface area (Å²) < 4.78 is 18.5. The van der Waals surface area contributed by atoms with Crippen LogP contribution in [-0.4, -0.2) is 29.9 Å². The van der Waals surface area contributed by atoms with Crippen molar-refractivity contribution in [2.45, 2.75) is 5.54 Å². The minimum atomic E-state index is -0.995. The summed E-state index contributed by atoms with van der Waals surface area (Å²) in [5, 5.41) is 2.94. The number of pyridine rings is 1. The number of morpholine rings is 1. The molecule has 86 valence electrons. The van der Waals surface area contributed by atoms with E-state index in [-0.39, 0.29) is 6.61 Å². The number of ether oxygens (including phenoxy) is 1. The lowest BCUT2D eigenvalue weighted by Gasteiger charge is -2.36. The Balaban J connectivity index is 2.37. The summed E-state index contributed by atoms with van der Waals surface area (Å²) in [4.78, 5) is 4.59. The second-order valence-corrected chi connectivity index (χ2v) is 4.20. The highest BCUT2D eigenvalue weighted by atomic mass is 32.1. The molecule has 1 aliphatic heterocycles. The molecule has 1 fully saturated rings. The first-order valence-corrected chi connectivity index (χ1v) is 5.25. The van der Waals surface area contributed by atoms with Crippen LogP contribution in [0.5, 0.6) is 0 Å². The molecule has 1 aliphatic rings. The molecule has 0 aromatic carbocycles. The number of aromatic nitrogens is 1. The minimum absolute atomic E-state index is 0.195. The van der Waals surface area contributed by atoms with Gasteiger partial charge in [0.1, 0.15) is 23.0 Å². The first-order valence-electron chi connectivity index (χ1n) is 4.84. The van der Waals surface area contributed by atoms with Crippen molar-refractivity contribution in [3.63, 3.8) is 0 Å². The van der Waals surface area contributed by atoms with Crippen LogP contribution in [0.15, 0.2) is 18.2 Å². The molecular weight excluding hydrogens is 229 g/mol. The smallest absolute Gasteiger partial charge is 0.132 e. The van der Waals surface area contributed by atoms with Gasteiger partial charge in [0, 0.05) is 0 Å². The van der Waals surface area contributed by atoms with Gasteiger partial charge in [-0.1, -0.05) is 18.3 Å². The zero-order valence-electron chi connectivity index (χ0n) is 8.57. The first-order chi connectivity index (χ1) is 7.66. The van der Waals surface area contributed by atoms with Gasteiger partial charge in [0.15, 0.2) is 0 Å². The molecule has 6 heteroatoms. The van der Waals surface area contributed by atoms with E-state index in [0.717, 1.165) is 0 Å². The van der Waals surface area contributed by atoms with Gasteiger partial charge in [-0.25, -0.2) is 9.37 Å². The Kier molecular flexibility index (Phi) is 3.02. The highest BCUT2D eigenvalue weighted by molar-refractivity contribution is 7.80. The fourth-order valence-corrected chi connectivity index (χ4v) is 1.93. The van der Waals surface area contributed by atoms with Crippen LogP contribution in [0, 0.1) is 0 Å². The zero-order valence-corrected chi connectivity index (χ0v) is 9.39. The SMILES string of the molecule is Nc1cccc(C2(CF)COCC(=S)N2)n1. The van der Waals surface area contributed by atoms with Crippen LogP contribution in [0.25, 0.3) is 0 Å². The van der Waals surface area contributed by atoms with E-state index in [9.17, 15) is 4.39 Å². The van der Waals surface area contributed by atoms with Crippen LogP contribution >= 0.6 is 12.2 Å². The van der Waals surface area contributed by atoms with E-state index < -0.39 is 12.2 Å². The van der Waals surface area contributed by atoms with Gasteiger partial charge in [-0.05, 0) is 12.1 Å². The number of alkyl halides is 1. The Morgan fingerprint density at radius 2 is 2.44 bits per heavy atom. The van der Waals surface area contributed by atoms with Crippen molar-refractivity contribution in [1.82, 2.24) is 10.3 Å². The summed E-state index contributed by atoms with van der Waals surface area (Å²) in [6, 6.07) is 5.09. The number of nitrogens with one attached hydrogen (secondary N) is 1. The van der Waals surface area contributed by atoms with E-state index in [1.165, 1.54) is 0 Å². The molecule has 3 N–H and O–H groups in total. The number of nitrogens with two attached hydrogens (primary N) is 1. The largest absolute Gasteiger partial charge is 0.384 e. The van der Waals surface area contributed by atoms with Gasteiger partial charge >= 0.3 is 0 Å². The van der Waals surface area contributed by atoms with Crippen molar-refractivity contribution in [1.29, 1.82) is 0 Å². The summed E-state index contributed by atoms with van der Waals surface area (Å²) in [7, 11) is 0. The van der Waals surface area contributed by atoms with Crippen LogP contribution in [0.3, 0.4) is 0 Å². The molecule has 1 atom stereocenters. The third kappa shape index (κ3) is 1.98. The van der Waals surface area contributed by atoms with Crippen molar-refractivity contribution >= 4 is 23.0 Å². The van der Waals surface area contributed by atoms with Crippen molar-refractivity contribution < 1.29 is 9.13 Å². The number of rotatable bonds is 2. The molecule has 0 aliphatic carbocycles. The van der Waals surface area contributed by atoms with Gasteiger partial charge in [0.05, 0.1) is 18.9 Å². The Morgan fingerprint density at radius 1 is 1.62 bits per heavy atom. The standard InChI is InChI=1S/C10H12FN3OS/c11-5-10(6-15-4-9(16)14-10)7-2-1-3-8(12)13-7/h1-3H,4-6H2,(H2,12,13)(H,14,16). The van der Waals surface area contributed by atoms with E-state index in [1.807, 2.05) is 0 Å². The lowest BCUT2D eigenvalue weighted by Crippen LogP contribution is -2.56. The van der Waals surface area contributed by atoms with Crippen molar-refractivity contribution in [2.24, 2.45) is 0 Å². The van der Waals surface area contributed by atoms with E-state index in [1.54, 1.807) is 18.2 Å². The monoisotopic (exact) mass is 241 g/mol. The number of hydrogen-bond donors (Lipinski definition) is 2. The maximum Gasteiger partial charge on any atom is 0.132 e. The number of hydrogen-bond acceptors (Lipinski definition) is 4. The van der Waals surface area contributed by atoms with Crippen LogP contribution in [0.2, 0.25) is 0 Å². The number of halogens is 1. The fraction of sp³-hybridized carbons (Fsp3) is 0.400. The highest BCUT2D eigenvalue weighted by Crippen LogP contribution is 2.24. The van der Waals surface area contributed by atoms with E-state index >= 15 is 0 Å². The van der Waals surface area contributed by atoms with E-state index in [0.29, 0.717) is 23.1 Å². The maximum absolute atomic E-state index is 13.2. The van der Waals surface area contributed by atoms with Crippen LogP contribution < -0.4 is 11.1 Å². The quantitative estimate of drug-likeness (QED) is 0.749. The zero-order chi connectivity index (χ0) is 11.6. The molecular formula is C10H12FN3OS. The molecule has 0 saturated carbocycles. The molecule has 4 nitrogen and oxygen atoms in total. The lowest BCUT2D eigenvalue weighted by molar-refractivity contribution is 0.0610. The van der Waals surface area contributed by atoms with E-state index in [4.69, 9.17) is 22.7 Å².